The van der Waals surface area contributed by atoms with Gasteiger partial charge in [0.2, 0.25) is 0 Å². The lowest BCUT2D eigenvalue weighted by molar-refractivity contribution is 0.0599. The Balaban J connectivity index is 3.48. The summed E-state index contributed by atoms with van der Waals surface area (Å²) < 4.78 is 5.88. The Morgan fingerprint density at radius 3 is 2.62 bits per heavy atom. The molecule has 0 aromatic carbocycles. The van der Waals surface area contributed by atoms with E-state index in [4.69, 9.17) is 5.26 Å². The van der Waals surface area contributed by atoms with Crippen LogP contribution in [0, 0.1) is 11.3 Å². The molecule has 1 rings (SSSR count). The molecule has 16 heavy (non-hydrogen) atoms. The molecule has 1 heterocycles. The van der Waals surface area contributed by atoms with Gasteiger partial charge in [0.1, 0.15) is 11.6 Å². The van der Waals surface area contributed by atoms with Crippen molar-refractivity contribution < 1.29 is 9.53 Å². The average molecular weight is 220 g/mol. The third-order valence-electron chi connectivity index (χ3n) is 2.14. The van der Waals surface area contributed by atoms with Crippen molar-refractivity contribution in [3.8, 4) is 6.07 Å². The molecule has 0 unspecified atom stereocenters. The van der Waals surface area contributed by atoms with Gasteiger partial charge in [-0.25, -0.2) is 4.79 Å². The molecule has 0 atom stereocenters. The third-order valence-corrected chi connectivity index (χ3v) is 2.14. The van der Waals surface area contributed by atoms with Crippen LogP contribution in [0.15, 0.2) is 17.1 Å². The number of nitrogens with zero attached hydrogens (tertiary/aromatic N) is 2. The number of nitriles is 1. The summed E-state index contributed by atoms with van der Waals surface area (Å²) in [6, 6.07) is 2.89. The molecule has 0 saturated heterocycles. The highest BCUT2D eigenvalue weighted by Crippen LogP contribution is 2.06. The summed E-state index contributed by atoms with van der Waals surface area (Å²) in [7, 11) is 1.25. The van der Waals surface area contributed by atoms with Gasteiger partial charge in [0.05, 0.1) is 12.7 Å². The van der Waals surface area contributed by atoms with Gasteiger partial charge in [0, 0.05) is 12.2 Å². The van der Waals surface area contributed by atoms with E-state index < -0.39 is 11.5 Å². The zero-order valence-corrected chi connectivity index (χ0v) is 9.35. The van der Waals surface area contributed by atoms with Gasteiger partial charge >= 0.3 is 5.97 Å². The summed E-state index contributed by atoms with van der Waals surface area (Å²) in [4.78, 5) is 23.0. The zero-order valence-electron chi connectivity index (χ0n) is 9.35. The lowest BCUT2D eigenvalue weighted by atomic mass is 10.2. The number of carbonyl (C=O) groups is 1. The summed E-state index contributed by atoms with van der Waals surface area (Å²) in [5.74, 6) is -0.564. The smallest absolute Gasteiger partial charge is 0.339 e. The number of ether oxygens (including phenoxy) is 1. The van der Waals surface area contributed by atoms with E-state index >= 15 is 0 Å². The van der Waals surface area contributed by atoms with Gasteiger partial charge in [-0.2, -0.15) is 5.26 Å². The number of hydrogen-bond acceptors (Lipinski definition) is 4. The molecule has 5 nitrogen and oxygen atoms in total. The molecule has 0 fully saturated rings. The molecule has 0 amide bonds. The molecule has 0 aliphatic heterocycles. The van der Waals surface area contributed by atoms with Crippen LogP contribution >= 0.6 is 0 Å². The molecule has 5 heteroatoms. The number of rotatable bonds is 2. The van der Waals surface area contributed by atoms with E-state index in [9.17, 15) is 9.59 Å². The van der Waals surface area contributed by atoms with Crippen LogP contribution in [0.5, 0.6) is 0 Å². The first-order chi connectivity index (χ1) is 7.51. The number of carbonyl (C=O) groups excluding carboxylic acids is 1. The highest BCUT2D eigenvalue weighted by molar-refractivity contribution is 5.89. The topological polar surface area (TPSA) is 72.1 Å². The maximum absolute atomic E-state index is 11.7. The molecule has 1 aromatic rings. The van der Waals surface area contributed by atoms with Gasteiger partial charge in [-0.3, -0.25) is 4.79 Å². The van der Waals surface area contributed by atoms with Crippen molar-refractivity contribution in [1.29, 1.82) is 5.26 Å². The monoisotopic (exact) mass is 220 g/mol. The second-order valence-electron chi connectivity index (χ2n) is 3.55. The fourth-order valence-corrected chi connectivity index (χ4v) is 1.30. The molecule has 0 aliphatic rings. The number of esters is 1. The Hall–Kier alpha value is -2.09. The van der Waals surface area contributed by atoms with Gasteiger partial charge in [0.15, 0.2) is 0 Å². The fraction of sp³-hybridized carbons (Fsp3) is 0.364. The molecule has 0 aliphatic carbocycles. The Morgan fingerprint density at radius 2 is 2.19 bits per heavy atom. The van der Waals surface area contributed by atoms with Crippen LogP contribution in [0.2, 0.25) is 0 Å². The number of hydrogen-bond donors (Lipinski definition) is 0. The second-order valence-corrected chi connectivity index (χ2v) is 3.55. The van der Waals surface area contributed by atoms with Gasteiger partial charge in [-0.05, 0) is 19.9 Å². The van der Waals surface area contributed by atoms with Crippen molar-refractivity contribution >= 4 is 5.97 Å². The molecule has 0 radical (unpaired) electrons. The van der Waals surface area contributed by atoms with Gasteiger partial charge in [-0.1, -0.05) is 0 Å². The molecule has 84 valence electrons. The van der Waals surface area contributed by atoms with E-state index in [0.29, 0.717) is 0 Å². The van der Waals surface area contributed by atoms with Crippen molar-refractivity contribution in [3.05, 3.63) is 33.7 Å². The fourth-order valence-electron chi connectivity index (χ4n) is 1.30. The molecular formula is C11H12N2O3. The van der Waals surface area contributed by atoms with E-state index in [2.05, 4.69) is 4.74 Å². The van der Waals surface area contributed by atoms with E-state index in [0.717, 1.165) is 0 Å². The Morgan fingerprint density at radius 1 is 1.56 bits per heavy atom. The lowest BCUT2D eigenvalue weighted by Gasteiger charge is -2.11. The van der Waals surface area contributed by atoms with Gasteiger partial charge in [0.25, 0.3) is 5.56 Å². The van der Waals surface area contributed by atoms with Gasteiger partial charge < -0.3 is 9.30 Å². The largest absolute Gasteiger partial charge is 0.465 e. The Labute approximate surface area is 92.9 Å². The van der Waals surface area contributed by atoms with Crippen molar-refractivity contribution in [2.24, 2.45) is 0 Å². The van der Waals surface area contributed by atoms with Crippen LogP contribution < -0.4 is 5.56 Å². The van der Waals surface area contributed by atoms with Crippen LogP contribution in [0.4, 0.5) is 0 Å². The number of methoxy groups -OCH3 is 1. The second kappa shape index (κ2) is 4.62. The first kappa shape index (κ1) is 12.0. The highest BCUT2D eigenvalue weighted by atomic mass is 16.5. The van der Waals surface area contributed by atoms with E-state index in [1.54, 1.807) is 19.9 Å². The molecular weight excluding hydrogens is 208 g/mol. The standard InChI is InChI=1S/C11H12N2O3/c1-7(2)13-6-9(11(15)16-3)4-8(5-12)10(13)14/h4,6-7H,1-3H3. The van der Waals surface area contributed by atoms with Crippen molar-refractivity contribution in [2.45, 2.75) is 19.9 Å². The van der Waals surface area contributed by atoms with Crippen molar-refractivity contribution in [1.82, 2.24) is 4.57 Å². The van der Waals surface area contributed by atoms with Crippen LogP contribution in [-0.2, 0) is 4.74 Å². The highest BCUT2D eigenvalue weighted by Gasteiger charge is 2.13. The molecule has 0 bridgehead atoms. The Kier molecular flexibility index (Phi) is 3.46. The SMILES string of the molecule is COC(=O)c1cc(C#N)c(=O)n(C(C)C)c1. The average Bonchev–Trinajstić information content (AvgIpc) is 2.27. The van der Waals surface area contributed by atoms with Crippen LogP contribution in [0.3, 0.4) is 0 Å². The van der Waals surface area contributed by atoms with Crippen LogP contribution in [0.1, 0.15) is 35.8 Å². The van der Waals surface area contributed by atoms with E-state index in [-0.39, 0.29) is 17.2 Å². The van der Waals surface area contributed by atoms with Crippen LogP contribution in [0.25, 0.3) is 0 Å². The molecule has 0 saturated carbocycles. The maximum Gasteiger partial charge on any atom is 0.339 e. The molecule has 0 spiro atoms. The van der Waals surface area contributed by atoms with E-state index in [1.165, 1.54) is 23.9 Å². The minimum Gasteiger partial charge on any atom is -0.465 e. The summed E-state index contributed by atoms with van der Waals surface area (Å²) in [6.07, 6.45) is 1.40. The van der Waals surface area contributed by atoms with Gasteiger partial charge in [-0.15, -0.1) is 0 Å². The maximum atomic E-state index is 11.7. The normalized spacial score (nSPS) is 9.94. The predicted molar refractivity (Wildman–Crippen MR) is 57.1 cm³/mol. The minimum atomic E-state index is -0.564. The van der Waals surface area contributed by atoms with Crippen molar-refractivity contribution in [2.75, 3.05) is 7.11 Å². The summed E-state index contributed by atoms with van der Waals surface area (Å²) in [5, 5.41) is 8.79. The first-order valence-corrected chi connectivity index (χ1v) is 4.75. The Bertz CT molecular complexity index is 509. The third kappa shape index (κ3) is 2.11. The summed E-state index contributed by atoms with van der Waals surface area (Å²) >= 11 is 0. The lowest BCUT2D eigenvalue weighted by Crippen LogP contribution is -2.25. The summed E-state index contributed by atoms with van der Waals surface area (Å²) in [6.45, 7) is 3.59. The molecule has 0 N–H and O–H groups in total. The first-order valence-electron chi connectivity index (χ1n) is 4.75. The summed E-state index contributed by atoms with van der Waals surface area (Å²) in [5.41, 5.74) is -0.255. The molecule has 1 aromatic heterocycles. The number of aromatic nitrogens is 1. The quantitative estimate of drug-likeness (QED) is 0.699. The van der Waals surface area contributed by atoms with E-state index in [1.807, 2.05) is 0 Å². The van der Waals surface area contributed by atoms with Crippen molar-refractivity contribution in [3.63, 3.8) is 0 Å². The number of pyridine rings is 1. The zero-order chi connectivity index (χ0) is 12.3. The van der Waals surface area contributed by atoms with Crippen LogP contribution in [-0.4, -0.2) is 17.6 Å². The minimum absolute atomic E-state index is 0.0587. The predicted octanol–water partition coefficient (Wildman–Crippen LogP) is 1.09.